The Balaban J connectivity index is 2.09. The van der Waals surface area contributed by atoms with Crippen molar-refractivity contribution in [1.82, 2.24) is 4.90 Å². The predicted octanol–water partition coefficient (Wildman–Crippen LogP) is 1.73. The first kappa shape index (κ1) is 16.2. The average molecular weight is 302 g/mol. The molecule has 0 spiro atoms. The number of nitrogens with one attached hydrogen (secondary N) is 1. The number of hydrogen-bond acceptors (Lipinski definition) is 3. The smallest absolute Gasteiger partial charge is 0.247 e. The predicted molar refractivity (Wildman–Crippen MR) is 85.4 cm³/mol. The minimum absolute atomic E-state index is 0.0148. The zero-order valence-corrected chi connectivity index (χ0v) is 12.6. The lowest BCUT2D eigenvalue weighted by Gasteiger charge is -2.37. The maximum Gasteiger partial charge on any atom is 0.247 e. The fourth-order valence-corrected chi connectivity index (χ4v) is 2.56. The maximum absolute atomic E-state index is 12.5. The first-order valence-corrected chi connectivity index (χ1v) is 7.57. The van der Waals surface area contributed by atoms with Gasteiger partial charge in [-0.3, -0.25) is 9.59 Å². The highest BCUT2D eigenvalue weighted by Gasteiger charge is 2.28. The van der Waals surface area contributed by atoms with Crippen molar-refractivity contribution >= 4 is 17.5 Å². The van der Waals surface area contributed by atoms with Gasteiger partial charge in [0.05, 0.1) is 13.0 Å². The zero-order chi connectivity index (χ0) is 15.9. The number of benzene rings is 1. The van der Waals surface area contributed by atoms with E-state index in [0.717, 1.165) is 24.8 Å². The molecule has 2 amide bonds. The number of nitrogens with zero attached hydrogens (tertiary/aromatic N) is 1. The summed E-state index contributed by atoms with van der Waals surface area (Å²) < 4.78 is 0. The number of carbonyl (C=O) groups is 2. The molecule has 0 heterocycles. The van der Waals surface area contributed by atoms with E-state index in [-0.39, 0.29) is 30.9 Å². The van der Waals surface area contributed by atoms with Gasteiger partial charge in [0, 0.05) is 18.3 Å². The Bertz CT molecular complexity index is 553. The van der Waals surface area contributed by atoms with Crippen LogP contribution in [0.3, 0.4) is 0 Å². The highest BCUT2D eigenvalue weighted by molar-refractivity contribution is 5.99. The van der Waals surface area contributed by atoms with E-state index in [0.29, 0.717) is 12.2 Å². The molecule has 0 atom stereocenters. The highest BCUT2D eigenvalue weighted by atomic mass is 16.3. The summed E-state index contributed by atoms with van der Waals surface area (Å²) >= 11 is 0. The molecule has 1 aliphatic carbocycles. The van der Waals surface area contributed by atoms with Gasteiger partial charge in [-0.25, -0.2) is 0 Å². The fraction of sp³-hybridized carbons (Fsp3) is 0.412. The number of rotatable bonds is 7. The molecule has 5 heteroatoms. The van der Waals surface area contributed by atoms with Crippen LogP contribution in [-0.4, -0.2) is 41.0 Å². The highest BCUT2D eigenvalue weighted by Crippen LogP contribution is 2.26. The van der Waals surface area contributed by atoms with E-state index in [4.69, 9.17) is 5.11 Å². The molecule has 0 radical (unpaired) electrons. The van der Waals surface area contributed by atoms with Crippen molar-refractivity contribution in [3.05, 3.63) is 42.5 Å². The molecule has 0 aliphatic heterocycles. The van der Waals surface area contributed by atoms with Crippen LogP contribution >= 0.6 is 0 Å². The molecule has 118 valence electrons. The van der Waals surface area contributed by atoms with Crippen molar-refractivity contribution in [3.63, 3.8) is 0 Å². The number of amides is 2. The lowest BCUT2D eigenvalue weighted by atomic mass is 9.91. The maximum atomic E-state index is 12.5. The molecule has 0 aromatic heterocycles. The monoisotopic (exact) mass is 302 g/mol. The van der Waals surface area contributed by atoms with E-state index in [9.17, 15) is 9.59 Å². The molecule has 1 aliphatic rings. The molecular formula is C17H22N2O3. The summed E-state index contributed by atoms with van der Waals surface area (Å²) in [5.74, 6) is -0.315. The van der Waals surface area contributed by atoms with E-state index in [1.54, 1.807) is 11.0 Å². The van der Waals surface area contributed by atoms with Crippen molar-refractivity contribution in [2.24, 2.45) is 0 Å². The second kappa shape index (κ2) is 7.75. The molecule has 22 heavy (non-hydrogen) atoms. The Kier molecular flexibility index (Phi) is 5.72. The van der Waals surface area contributed by atoms with Gasteiger partial charge in [0.2, 0.25) is 11.8 Å². The molecule has 1 aromatic rings. The van der Waals surface area contributed by atoms with Crippen LogP contribution in [0.2, 0.25) is 0 Å². The van der Waals surface area contributed by atoms with Gasteiger partial charge in [-0.1, -0.05) is 24.8 Å². The molecule has 5 nitrogen and oxygen atoms in total. The minimum Gasteiger partial charge on any atom is -0.395 e. The first-order valence-electron chi connectivity index (χ1n) is 7.57. The van der Waals surface area contributed by atoms with Gasteiger partial charge < -0.3 is 15.3 Å². The molecule has 0 saturated heterocycles. The Labute approximate surface area is 130 Å². The van der Waals surface area contributed by atoms with Gasteiger partial charge >= 0.3 is 0 Å². The number of para-hydroxylation sites is 1. The number of aliphatic hydroxyl groups excluding tert-OH is 1. The fourth-order valence-electron chi connectivity index (χ4n) is 2.56. The number of aliphatic hydroxyl groups is 1. The lowest BCUT2D eigenvalue weighted by molar-refractivity contribution is -0.135. The summed E-state index contributed by atoms with van der Waals surface area (Å²) in [5.41, 5.74) is 1.39. The number of carbonyl (C=O) groups excluding carboxylic acids is 2. The summed E-state index contributed by atoms with van der Waals surface area (Å²) in [6, 6.07) is 7.49. The average Bonchev–Trinajstić information content (AvgIpc) is 2.46. The Hall–Kier alpha value is -2.14. The van der Waals surface area contributed by atoms with Crippen LogP contribution in [0.25, 0.3) is 0 Å². The lowest BCUT2D eigenvalue weighted by Crippen LogP contribution is -2.46. The van der Waals surface area contributed by atoms with Crippen molar-refractivity contribution < 1.29 is 14.7 Å². The minimum atomic E-state index is -0.300. The normalized spacial score (nSPS) is 14.0. The van der Waals surface area contributed by atoms with Crippen LogP contribution in [0.4, 0.5) is 5.69 Å². The number of hydrogen-bond donors (Lipinski definition) is 2. The summed E-state index contributed by atoms with van der Waals surface area (Å²) in [6.07, 6.45) is 4.54. The zero-order valence-electron chi connectivity index (χ0n) is 12.6. The van der Waals surface area contributed by atoms with E-state index in [1.807, 2.05) is 18.2 Å². The van der Waals surface area contributed by atoms with Crippen LogP contribution in [0.5, 0.6) is 0 Å². The summed E-state index contributed by atoms with van der Waals surface area (Å²) in [6.45, 7) is 3.76. The summed E-state index contributed by atoms with van der Waals surface area (Å²) in [7, 11) is 0. The third-order valence-electron chi connectivity index (χ3n) is 3.98. The van der Waals surface area contributed by atoms with Crippen LogP contribution < -0.4 is 5.32 Å². The quantitative estimate of drug-likeness (QED) is 0.754. The largest absolute Gasteiger partial charge is 0.395 e. The molecule has 1 fully saturated rings. The van der Waals surface area contributed by atoms with E-state index in [2.05, 4.69) is 11.9 Å². The molecular weight excluding hydrogens is 280 g/mol. The first-order chi connectivity index (χ1) is 10.7. The Morgan fingerprint density at radius 1 is 1.36 bits per heavy atom. The van der Waals surface area contributed by atoms with Gasteiger partial charge in [0.15, 0.2) is 0 Å². The second-order valence-corrected chi connectivity index (χ2v) is 5.42. The molecule has 0 bridgehead atoms. The van der Waals surface area contributed by atoms with E-state index < -0.39 is 0 Å². The van der Waals surface area contributed by atoms with Gasteiger partial charge in [-0.2, -0.15) is 0 Å². The summed E-state index contributed by atoms with van der Waals surface area (Å²) in [5, 5.41) is 11.9. The SMILES string of the molecule is C=CC(=O)Nc1ccccc1CC(=O)N(CCO)C1CCC1. The Morgan fingerprint density at radius 2 is 2.09 bits per heavy atom. The Morgan fingerprint density at radius 3 is 2.68 bits per heavy atom. The van der Waals surface area contributed by atoms with Gasteiger partial charge in [0.25, 0.3) is 0 Å². The topological polar surface area (TPSA) is 69.6 Å². The van der Waals surface area contributed by atoms with Gasteiger partial charge in [-0.15, -0.1) is 0 Å². The molecule has 2 rings (SSSR count). The van der Waals surface area contributed by atoms with Crippen molar-refractivity contribution in [2.75, 3.05) is 18.5 Å². The van der Waals surface area contributed by atoms with Crippen LogP contribution in [0, 0.1) is 0 Å². The van der Waals surface area contributed by atoms with Gasteiger partial charge in [-0.05, 0) is 37.0 Å². The van der Waals surface area contributed by atoms with Crippen molar-refractivity contribution in [2.45, 2.75) is 31.7 Å². The molecule has 1 aromatic carbocycles. The van der Waals surface area contributed by atoms with Crippen molar-refractivity contribution in [3.8, 4) is 0 Å². The van der Waals surface area contributed by atoms with Crippen LogP contribution in [0.15, 0.2) is 36.9 Å². The second-order valence-electron chi connectivity index (χ2n) is 5.42. The molecule has 0 unspecified atom stereocenters. The van der Waals surface area contributed by atoms with Crippen LogP contribution in [-0.2, 0) is 16.0 Å². The molecule has 2 N–H and O–H groups in total. The van der Waals surface area contributed by atoms with Crippen molar-refractivity contribution in [1.29, 1.82) is 0 Å². The van der Waals surface area contributed by atoms with E-state index >= 15 is 0 Å². The summed E-state index contributed by atoms with van der Waals surface area (Å²) in [4.78, 5) is 25.7. The van der Waals surface area contributed by atoms with Crippen LogP contribution in [0.1, 0.15) is 24.8 Å². The standard InChI is InChI=1S/C17H22N2O3/c1-2-16(21)18-15-9-4-3-6-13(15)12-17(22)19(10-11-20)14-7-5-8-14/h2-4,6,9,14,20H,1,5,7-8,10-12H2,(H,18,21). The molecule has 1 saturated carbocycles. The third-order valence-corrected chi connectivity index (χ3v) is 3.98. The third kappa shape index (κ3) is 3.95. The van der Waals surface area contributed by atoms with E-state index in [1.165, 1.54) is 6.08 Å². The van der Waals surface area contributed by atoms with Gasteiger partial charge in [0.1, 0.15) is 0 Å². The number of anilines is 1.